The van der Waals surface area contributed by atoms with Crippen molar-refractivity contribution in [2.24, 2.45) is 0 Å². The van der Waals surface area contributed by atoms with E-state index in [0.29, 0.717) is 10.7 Å². The van der Waals surface area contributed by atoms with E-state index in [1.54, 1.807) is 6.07 Å². The highest BCUT2D eigenvalue weighted by molar-refractivity contribution is 6.36. The summed E-state index contributed by atoms with van der Waals surface area (Å²) in [5, 5.41) is 12.6. The highest BCUT2D eigenvalue weighted by Gasteiger charge is 2.20. The maximum atomic E-state index is 14.5. The monoisotopic (exact) mass is 339 g/mol. The van der Waals surface area contributed by atoms with Gasteiger partial charge in [0.25, 0.3) is 0 Å². The topological polar surface area (TPSA) is 66.6 Å². The summed E-state index contributed by atoms with van der Waals surface area (Å²) in [6, 6.07) is 4.56. The van der Waals surface area contributed by atoms with Crippen LogP contribution in [0.4, 0.5) is 15.8 Å². The Labute approximate surface area is 133 Å². The van der Waals surface area contributed by atoms with Crippen LogP contribution < -0.4 is 5.32 Å². The van der Waals surface area contributed by atoms with E-state index in [2.05, 4.69) is 10.3 Å². The van der Waals surface area contributed by atoms with Gasteiger partial charge in [0.1, 0.15) is 5.56 Å². The number of nitrogens with zero attached hydrogens (tertiary/aromatic N) is 2. The normalized spacial score (nSPS) is 10.9. The fourth-order valence-electron chi connectivity index (χ4n) is 2.03. The van der Waals surface area contributed by atoms with Crippen molar-refractivity contribution in [3.05, 3.63) is 58.2 Å². The van der Waals surface area contributed by atoms with Gasteiger partial charge in [-0.1, -0.05) is 23.2 Å². The zero-order valence-corrected chi connectivity index (χ0v) is 12.4. The predicted octanol–water partition coefficient (Wildman–Crippen LogP) is 4.22. The first-order valence-electron chi connectivity index (χ1n) is 6.08. The van der Waals surface area contributed by atoms with Crippen LogP contribution in [-0.4, -0.2) is 20.5 Å². The molecule has 0 unspecified atom stereocenters. The smallest absolute Gasteiger partial charge is 0.339 e. The number of carboxylic acid groups (broad SMARTS) is 1. The molecule has 8 heteroatoms. The van der Waals surface area contributed by atoms with E-state index >= 15 is 0 Å². The third-order valence-corrected chi connectivity index (χ3v) is 3.59. The van der Waals surface area contributed by atoms with Gasteiger partial charge in [-0.3, -0.25) is 0 Å². The second-order valence-electron chi connectivity index (χ2n) is 4.44. The number of pyridine rings is 1. The lowest BCUT2D eigenvalue weighted by molar-refractivity contribution is 0.0697. The Morgan fingerprint density at radius 1 is 1.36 bits per heavy atom. The van der Waals surface area contributed by atoms with Crippen LogP contribution in [0.5, 0.6) is 0 Å². The first-order valence-corrected chi connectivity index (χ1v) is 6.83. The molecule has 0 atom stereocenters. The molecular formula is C14H8Cl2FN3O2. The van der Waals surface area contributed by atoms with Crippen LogP contribution in [-0.2, 0) is 0 Å². The molecule has 0 amide bonds. The number of halogens is 3. The Bertz CT molecular complexity index is 895. The minimum atomic E-state index is -1.28. The molecule has 0 bridgehead atoms. The molecule has 22 heavy (non-hydrogen) atoms. The van der Waals surface area contributed by atoms with Crippen LogP contribution in [0, 0.1) is 5.82 Å². The average Bonchev–Trinajstić information content (AvgIpc) is 2.92. The van der Waals surface area contributed by atoms with E-state index in [4.69, 9.17) is 23.2 Å². The van der Waals surface area contributed by atoms with Gasteiger partial charge in [0.15, 0.2) is 11.5 Å². The van der Waals surface area contributed by atoms with E-state index in [1.165, 1.54) is 35.1 Å². The quantitative estimate of drug-likeness (QED) is 0.749. The van der Waals surface area contributed by atoms with Gasteiger partial charge in [0, 0.05) is 23.6 Å². The van der Waals surface area contributed by atoms with E-state index in [9.17, 15) is 14.3 Å². The first kappa shape index (κ1) is 14.6. The molecule has 0 saturated heterocycles. The summed E-state index contributed by atoms with van der Waals surface area (Å²) in [6.45, 7) is 0. The van der Waals surface area contributed by atoms with Gasteiger partial charge in [0.2, 0.25) is 0 Å². The number of carbonyl (C=O) groups is 1. The summed E-state index contributed by atoms with van der Waals surface area (Å²) < 4.78 is 15.8. The summed E-state index contributed by atoms with van der Waals surface area (Å²) in [6.07, 6.45) is 4.12. The second kappa shape index (κ2) is 5.47. The molecule has 1 aromatic carbocycles. The Balaban J connectivity index is 2.18. The van der Waals surface area contributed by atoms with Gasteiger partial charge in [0.05, 0.1) is 16.4 Å². The van der Waals surface area contributed by atoms with Gasteiger partial charge in [-0.25, -0.2) is 14.2 Å². The number of rotatable bonds is 3. The van der Waals surface area contributed by atoms with E-state index in [-0.39, 0.29) is 21.9 Å². The molecule has 0 aliphatic carbocycles. The lowest BCUT2D eigenvalue weighted by Crippen LogP contribution is -2.08. The van der Waals surface area contributed by atoms with Gasteiger partial charge < -0.3 is 14.8 Å². The number of hydrogen-bond acceptors (Lipinski definition) is 3. The van der Waals surface area contributed by atoms with Gasteiger partial charge in [-0.2, -0.15) is 0 Å². The van der Waals surface area contributed by atoms with Crippen molar-refractivity contribution in [1.29, 1.82) is 0 Å². The van der Waals surface area contributed by atoms with Crippen molar-refractivity contribution in [3.63, 3.8) is 0 Å². The highest BCUT2D eigenvalue weighted by Crippen LogP contribution is 2.32. The molecule has 0 aliphatic rings. The minimum Gasteiger partial charge on any atom is -0.478 e. The summed E-state index contributed by atoms with van der Waals surface area (Å²) in [5.74, 6) is -2.06. The Morgan fingerprint density at radius 2 is 2.14 bits per heavy atom. The largest absolute Gasteiger partial charge is 0.478 e. The van der Waals surface area contributed by atoms with Crippen molar-refractivity contribution in [2.45, 2.75) is 0 Å². The van der Waals surface area contributed by atoms with Crippen LogP contribution in [0.3, 0.4) is 0 Å². The number of anilines is 2. The lowest BCUT2D eigenvalue weighted by Gasteiger charge is -2.13. The van der Waals surface area contributed by atoms with E-state index in [1.807, 2.05) is 0 Å². The molecular weight excluding hydrogens is 332 g/mol. The van der Waals surface area contributed by atoms with Crippen molar-refractivity contribution < 1.29 is 14.3 Å². The number of fused-ring (bicyclic) bond motifs is 1. The van der Waals surface area contributed by atoms with Gasteiger partial charge in [-0.15, -0.1) is 0 Å². The zero-order chi connectivity index (χ0) is 15.9. The van der Waals surface area contributed by atoms with Crippen LogP contribution in [0.15, 0.2) is 36.8 Å². The average molecular weight is 340 g/mol. The number of nitrogens with one attached hydrogen (secondary N) is 1. The molecule has 0 fully saturated rings. The lowest BCUT2D eigenvalue weighted by atomic mass is 10.2. The highest BCUT2D eigenvalue weighted by atomic mass is 35.5. The zero-order valence-electron chi connectivity index (χ0n) is 10.8. The molecule has 2 N–H and O–H groups in total. The third-order valence-electron chi connectivity index (χ3n) is 3.04. The molecule has 2 heterocycles. The summed E-state index contributed by atoms with van der Waals surface area (Å²) in [7, 11) is 0. The molecule has 2 aromatic heterocycles. The molecule has 0 aliphatic heterocycles. The van der Waals surface area contributed by atoms with Crippen molar-refractivity contribution >= 4 is 46.2 Å². The van der Waals surface area contributed by atoms with Crippen molar-refractivity contribution in [1.82, 2.24) is 9.38 Å². The Kier molecular flexibility index (Phi) is 3.64. The Hall–Kier alpha value is -2.31. The molecule has 3 aromatic rings. The molecule has 5 nitrogen and oxygen atoms in total. The number of aromatic nitrogens is 2. The fourth-order valence-corrected chi connectivity index (χ4v) is 2.49. The SMILES string of the molecule is O=C(O)c1cn2ccnc2c(F)c1Nc1ccc(Cl)cc1Cl. The number of hydrogen-bond donors (Lipinski definition) is 2. The van der Waals surface area contributed by atoms with Gasteiger partial charge in [-0.05, 0) is 18.2 Å². The molecule has 0 spiro atoms. The first-order chi connectivity index (χ1) is 10.5. The predicted molar refractivity (Wildman–Crippen MR) is 81.9 cm³/mol. The van der Waals surface area contributed by atoms with E-state index in [0.717, 1.165) is 0 Å². The number of imidazole rings is 1. The number of aromatic carboxylic acids is 1. The van der Waals surface area contributed by atoms with Crippen LogP contribution in [0.1, 0.15) is 10.4 Å². The summed E-state index contributed by atoms with van der Waals surface area (Å²) in [4.78, 5) is 15.2. The molecule has 112 valence electrons. The van der Waals surface area contributed by atoms with E-state index < -0.39 is 11.8 Å². The second-order valence-corrected chi connectivity index (χ2v) is 5.29. The van der Waals surface area contributed by atoms with Crippen LogP contribution in [0.25, 0.3) is 5.65 Å². The minimum absolute atomic E-state index is 0.0117. The van der Waals surface area contributed by atoms with Crippen molar-refractivity contribution in [2.75, 3.05) is 5.32 Å². The number of benzene rings is 1. The molecule has 0 radical (unpaired) electrons. The maximum Gasteiger partial charge on any atom is 0.339 e. The molecule has 0 saturated carbocycles. The fraction of sp³-hybridized carbons (Fsp3) is 0. The third kappa shape index (κ3) is 2.47. The summed E-state index contributed by atoms with van der Waals surface area (Å²) in [5.41, 5.74) is -0.106. The molecule has 3 rings (SSSR count). The summed E-state index contributed by atoms with van der Waals surface area (Å²) >= 11 is 11.8. The van der Waals surface area contributed by atoms with Crippen LogP contribution >= 0.6 is 23.2 Å². The van der Waals surface area contributed by atoms with Gasteiger partial charge >= 0.3 is 5.97 Å². The number of carboxylic acids is 1. The standard InChI is InChI=1S/C14H8Cl2FN3O2/c15-7-1-2-10(9(16)5-7)19-12-8(14(21)22)6-20-4-3-18-13(20)11(12)17/h1-6,19H,(H,21,22). The van der Waals surface area contributed by atoms with Crippen molar-refractivity contribution in [3.8, 4) is 0 Å². The maximum absolute atomic E-state index is 14.5. The van der Waals surface area contributed by atoms with Crippen LogP contribution in [0.2, 0.25) is 10.0 Å². The Morgan fingerprint density at radius 3 is 2.82 bits per heavy atom.